The van der Waals surface area contributed by atoms with Crippen molar-refractivity contribution in [3.8, 4) is 5.75 Å². The molecule has 1 aliphatic carbocycles. The van der Waals surface area contributed by atoms with Crippen LogP contribution in [-0.4, -0.2) is 49.2 Å². The summed E-state index contributed by atoms with van der Waals surface area (Å²) in [5, 5.41) is 0. The summed E-state index contributed by atoms with van der Waals surface area (Å²) in [4.78, 5) is 2.51. The number of fused-ring (bicyclic) bond motifs is 1. The van der Waals surface area contributed by atoms with Crippen LogP contribution in [0.1, 0.15) is 24.5 Å². The van der Waals surface area contributed by atoms with Gasteiger partial charge in [-0.1, -0.05) is 6.07 Å². The normalized spacial score (nSPS) is 23.0. The van der Waals surface area contributed by atoms with E-state index in [2.05, 4.69) is 43.3 Å². The second-order valence-corrected chi connectivity index (χ2v) is 7.07. The highest BCUT2D eigenvalue weighted by Gasteiger charge is 2.38. The summed E-state index contributed by atoms with van der Waals surface area (Å²) in [6.45, 7) is 3.01. The molecule has 0 saturated heterocycles. The predicted molar refractivity (Wildman–Crippen MR) is 92.4 cm³/mol. The van der Waals surface area contributed by atoms with Gasteiger partial charge in [0.05, 0.1) is 7.11 Å². The van der Waals surface area contributed by atoms with Gasteiger partial charge in [-0.25, -0.2) is 0 Å². The number of methoxy groups -OCH3 is 1. The van der Waals surface area contributed by atoms with Crippen molar-refractivity contribution in [1.82, 2.24) is 4.90 Å². The van der Waals surface area contributed by atoms with Gasteiger partial charge in [0, 0.05) is 23.9 Å². The van der Waals surface area contributed by atoms with Crippen LogP contribution in [0.4, 0.5) is 0 Å². The number of rotatable bonds is 6. The van der Waals surface area contributed by atoms with E-state index in [4.69, 9.17) is 10.5 Å². The van der Waals surface area contributed by atoms with Crippen molar-refractivity contribution in [2.45, 2.75) is 37.8 Å². The number of aryl methyl sites for hydroxylation is 1. The summed E-state index contributed by atoms with van der Waals surface area (Å²) in [6.07, 6.45) is 5.43. The number of nitrogens with two attached hydrogens (primary N) is 1. The number of ether oxygens (including phenoxy) is 1. The Morgan fingerprint density at radius 1 is 1.43 bits per heavy atom. The second kappa shape index (κ2) is 7.03. The van der Waals surface area contributed by atoms with Crippen LogP contribution in [0, 0.1) is 0 Å². The second-order valence-electron chi connectivity index (χ2n) is 6.16. The van der Waals surface area contributed by atoms with Crippen molar-refractivity contribution in [2.75, 3.05) is 32.7 Å². The van der Waals surface area contributed by atoms with E-state index in [0.29, 0.717) is 12.6 Å². The first-order valence-corrected chi connectivity index (χ1v) is 9.03. The Kier molecular flexibility index (Phi) is 5.58. The zero-order valence-electron chi connectivity index (χ0n) is 13.7. The average molecular weight is 308 g/mol. The van der Waals surface area contributed by atoms with Gasteiger partial charge in [0.15, 0.2) is 0 Å². The first kappa shape index (κ1) is 16.7. The molecular formula is C17H28N2OS. The van der Waals surface area contributed by atoms with Gasteiger partial charge in [0.2, 0.25) is 0 Å². The van der Waals surface area contributed by atoms with E-state index < -0.39 is 0 Å². The SMILES string of the molecule is COc1ccc2c(c1)CC(CN)(N(C)C(C)CSC)CC2. The molecule has 2 N–H and O–H groups in total. The molecule has 2 atom stereocenters. The number of thioether (sulfide) groups is 1. The summed E-state index contributed by atoms with van der Waals surface area (Å²) in [6, 6.07) is 7.00. The molecule has 0 saturated carbocycles. The maximum absolute atomic E-state index is 6.22. The summed E-state index contributed by atoms with van der Waals surface area (Å²) < 4.78 is 5.38. The zero-order valence-corrected chi connectivity index (χ0v) is 14.5. The summed E-state index contributed by atoms with van der Waals surface area (Å²) in [7, 11) is 3.96. The van der Waals surface area contributed by atoms with E-state index in [-0.39, 0.29) is 5.54 Å². The van der Waals surface area contributed by atoms with Crippen molar-refractivity contribution < 1.29 is 4.74 Å². The minimum Gasteiger partial charge on any atom is -0.497 e. The molecule has 0 aliphatic heterocycles. The third kappa shape index (κ3) is 3.38. The molecule has 0 heterocycles. The van der Waals surface area contributed by atoms with Gasteiger partial charge in [-0.05, 0) is 62.7 Å². The van der Waals surface area contributed by atoms with Crippen LogP contribution in [0.2, 0.25) is 0 Å². The van der Waals surface area contributed by atoms with Crippen LogP contribution in [0.5, 0.6) is 5.75 Å². The molecule has 0 bridgehead atoms. The molecular weight excluding hydrogens is 280 g/mol. The molecule has 2 rings (SSSR count). The molecule has 21 heavy (non-hydrogen) atoms. The quantitative estimate of drug-likeness (QED) is 0.876. The lowest BCUT2D eigenvalue weighted by molar-refractivity contribution is 0.0797. The summed E-state index contributed by atoms with van der Waals surface area (Å²) in [5.41, 5.74) is 9.15. The molecule has 4 heteroatoms. The van der Waals surface area contributed by atoms with Crippen LogP contribution < -0.4 is 10.5 Å². The molecule has 0 radical (unpaired) electrons. The first-order chi connectivity index (χ1) is 10.1. The van der Waals surface area contributed by atoms with Crippen molar-refractivity contribution in [1.29, 1.82) is 0 Å². The Hall–Kier alpha value is -0.710. The van der Waals surface area contributed by atoms with Crippen molar-refractivity contribution in [2.24, 2.45) is 5.73 Å². The Labute approximate surface area is 133 Å². The van der Waals surface area contributed by atoms with Gasteiger partial charge in [-0.2, -0.15) is 11.8 Å². The third-order valence-corrected chi connectivity index (χ3v) is 5.81. The highest BCUT2D eigenvalue weighted by atomic mass is 32.2. The molecule has 0 spiro atoms. The van der Waals surface area contributed by atoms with Gasteiger partial charge in [-0.15, -0.1) is 0 Å². The summed E-state index contributed by atoms with van der Waals surface area (Å²) in [5.74, 6) is 2.09. The molecule has 0 fully saturated rings. The molecule has 0 aromatic heterocycles. The Bertz CT molecular complexity index is 480. The van der Waals surface area contributed by atoms with E-state index in [1.807, 2.05) is 11.8 Å². The predicted octanol–water partition coefficient (Wildman–Crippen LogP) is 2.56. The fraction of sp³-hybridized carbons (Fsp3) is 0.647. The fourth-order valence-corrected chi connectivity index (χ4v) is 4.09. The fourth-order valence-electron chi connectivity index (χ4n) is 3.39. The highest BCUT2D eigenvalue weighted by Crippen LogP contribution is 2.35. The zero-order chi connectivity index (χ0) is 15.5. The van der Waals surface area contributed by atoms with Crippen LogP contribution in [0.3, 0.4) is 0 Å². The van der Waals surface area contributed by atoms with Gasteiger partial charge in [0.25, 0.3) is 0 Å². The Balaban J connectivity index is 2.26. The van der Waals surface area contributed by atoms with Crippen molar-refractivity contribution >= 4 is 11.8 Å². The lowest BCUT2D eigenvalue weighted by atomic mass is 9.76. The van der Waals surface area contributed by atoms with Gasteiger partial charge < -0.3 is 10.5 Å². The van der Waals surface area contributed by atoms with Crippen molar-refractivity contribution in [3.05, 3.63) is 29.3 Å². The van der Waals surface area contributed by atoms with E-state index in [1.165, 1.54) is 11.1 Å². The number of hydrogen-bond acceptors (Lipinski definition) is 4. The molecule has 1 aromatic carbocycles. The Morgan fingerprint density at radius 2 is 2.19 bits per heavy atom. The highest BCUT2D eigenvalue weighted by molar-refractivity contribution is 7.98. The number of hydrogen-bond donors (Lipinski definition) is 1. The Morgan fingerprint density at radius 3 is 2.81 bits per heavy atom. The molecule has 0 amide bonds. The third-order valence-electron chi connectivity index (χ3n) is 4.99. The smallest absolute Gasteiger partial charge is 0.119 e. The number of nitrogens with zero attached hydrogens (tertiary/aromatic N) is 1. The molecule has 2 unspecified atom stereocenters. The van der Waals surface area contributed by atoms with E-state index in [0.717, 1.165) is 30.8 Å². The minimum absolute atomic E-state index is 0.0779. The first-order valence-electron chi connectivity index (χ1n) is 7.64. The van der Waals surface area contributed by atoms with E-state index in [9.17, 15) is 0 Å². The topological polar surface area (TPSA) is 38.5 Å². The van der Waals surface area contributed by atoms with Crippen molar-refractivity contribution in [3.63, 3.8) is 0 Å². The van der Waals surface area contributed by atoms with E-state index >= 15 is 0 Å². The average Bonchev–Trinajstić information content (AvgIpc) is 2.53. The maximum Gasteiger partial charge on any atom is 0.119 e. The largest absolute Gasteiger partial charge is 0.497 e. The lowest BCUT2D eigenvalue weighted by Gasteiger charge is -2.47. The molecule has 118 valence electrons. The van der Waals surface area contributed by atoms with Gasteiger partial charge in [0.1, 0.15) is 5.75 Å². The molecule has 3 nitrogen and oxygen atoms in total. The molecule has 1 aliphatic rings. The minimum atomic E-state index is 0.0779. The van der Waals surface area contributed by atoms with E-state index in [1.54, 1.807) is 7.11 Å². The van der Waals surface area contributed by atoms with Crippen LogP contribution in [0.15, 0.2) is 18.2 Å². The van der Waals surface area contributed by atoms with Crippen LogP contribution in [-0.2, 0) is 12.8 Å². The maximum atomic E-state index is 6.22. The number of benzene rings is 1. The van der Waals surface area contributed by atoms with Gasteiger partial charge in [-0.3, -0.25) is 4.90 Å². The standard InChI is InChI=1S/C17H28N2OS/c1-13(11-21-4)19(2)17(12-18)8-7-14-5-6-16(20-3)9-15(14)10-17/h5-6,9,13H,7-8,10-12,18H2,1-4H3. The summed E-state index contributed by atoms with van der Waals surface area (Å²) >= 11 is 1.90. The van der Waals surface area contributed by atoms with Crippen LogP contribution in [0.25, 0.3) is 0 Å². The monoisotopic (exact) mass is 308 g/mol. The molecule has 1 aromatic rings. The van der Waals surface area contributed by atoms with Crippen LogP contribution >= 0.6 is 11.8 Å². The van der Waals surface area contributed by atoms with Gasteiger partial charge >= 0.3 is 0 Å². The lowest BCUT2D eigenvalue weighted by Crippen LogP contribution is -2.58. The number of likely N-dealkylation sites (N-methyl/N-ethyl adjacent to an activating group) is 1.